The molecular weight excluding hydrogens is 236 g/mol. The number of benzene rings is 1. The first kappa shape index (κ1) is 13.0. The summed E-state index contributed by atoms with van der Waals surface area (Å²) in [5, 5.41) is 19.0. The molecule has 0 aliphatic rings. The fraction of sp³-hybridized carbons (Fsp3) is 0.267. The molecule has 1 aromatic heterocycles. The minimum absolute atomic E-state index is 0.144. The van der Waals surface area contributed by atoms with Gasteiger partial charge in [-0.1, -0.05) is 45.0 Å². The summed E-state index contributed by atoms with van der Waals surface area (Å²) in [7, 11) is 0. The van der Waals surface area contributed by atoms with Gasteiger partial charge in [0.05, 0.1) is 5.69 Å². The van der Waals surface area contributed by atoms with Crippen molar-refractivity contribution in [3.63, 3.8) is 0 Å². The third kappa shape index (κ3) is 3.08. The van der Waals surface area contributed by atoms with Crippen LogP contribution in [-0.2, 0) is 5.41 Å². The van der Waals surface area contributed by atoms with Crippen molar-refractivity contribution in [3.8, 4) is 17.5 Å². The van der Waals surface area contributed by atoms with E-state index in [0.717, 1.165) is 11.3 Å². The van der Waals surface area contributed by atoms with Crippen LogP contribution in [0.4, 0.5) is 5.82 Å². The van der Waals surface area contributed by atoms with Crippen molar-refractivity contribution in [1.29, 1.82) is 5.26 Å². The molecule has 1 aromatic carbocycles. The zero-order valence-corrected chi connectivity index (χ0v) is 11.3. The van der Waals surface area contributed by atoms with E-state index in [-0.39, 0.29) is 5.41 Å². The number of hydrogen-bond donors (Lipinski definition) is 1. The van der Waals surface area contributed by atoms with Crippen molar-refractivity contribution >= 4 is 5.82 Å². The molecule has 0 bridgehead atoms. The standard InChI is InChI=1S/C15H16N4/c1-15(2,3)12-6-4-11(5-7-12)13-8-9-14(17-10-16)19-18-13/h4-9H,1-3H3,(H,17,19). The second-order valence-electron chi connectivity index (χ2n) is 5.37. The lowest BCUT2D eigenvalue weighted by molar-refractivity contribution is 0.590. The quantitative estimate of drug-likeness (QED) is 0.657. The van der Waals surface area contributed by atoms with Crippen molar-refractivity contribution in [2.45, 2.75) is 26.2 Å². The summed E-state index contributed by atoms with van der Waals surface area (Å²) in [4.78, 5) is 0. The highest BCUT2D eigenvalue weighted by atomic mass is 15.2. The van der Waals surface area contributed by atoms with Gasteiger partial charge in [-0.25, -0.2) is 0 Å². The van der Waals surface area contributed by atoms with Crippen LogP contribution < -0.4 is 5.32 Å². The summed E-state index contributed by atoms with van der Waals surface area (Å²) in [6.45, 7) is 6.55. The van der Waals surface area contributed by atoms with Crippen molar-refractivity contribution < 1.29 is 0 Å². The Hall–Kier alpha value is -2.41. The van der Waals surface area contributed by atoms with Gasteiger partial charge in [0.25, 0.3) is 0 Å². The van der Waals surface area contributed by atoms with Gasteiger partial charge < -0.3 is 0 Å². The lowest BCUT2D eigenvalue weighted by atomic mass is 9.86. The van der Waals surface area contributed by atoms with E-state index in [1.54, 1.807) is 6.07 Å². The molecule has 4 nitrogen and oxygen atoms in total. The molecule has 1 N–H and O–H groups in total. The zero-order chi connectivity index (χ0) is 13.9. The van der Waals surface area contributed by atoms with Crippen LogP contribution in [-0.4, -0.2) is 10.2 Å². The van der Waals surface area contributed by atoms with Crippen LogP contribution in [0.5, 0.6) is 0 Å². The molecule has 0 saturated carbocycles. The summed E-state index contributed by atoms with van der Waals surface area (Å²) in [5.41, 5.74) is 3.24. The van der Waals surface area contributed by atoms with Crippen LogP contribution in [0, 0.1) is 11.5 Å². The van der Waals surface area contributed by atoms with E-state index in [1.165, 1.54) is 5.56 Å². The van der Waals surface area contributed by atoms with Crippen LogP contribution in [0.15, 0.2) is 36.4 Å². The molecule has 0 unspecified atom stereocenters. The number of nitriles is 1. The Balaban J connectivity index is 2.25. The summed E-state index contributed by atoms with van der Waals surface area (Å²) < 4.78 is 0. The Morgan fingerprint density at radius 3 is 2.16 bits per heavy atom. The lowest BCUT2D eigenvalue weighted by Crippen LogP contribution is -2.10. The van der Waals surface area contributed by atoms with Crippen molar-refractivity contribution in [3.05, 3.63) is 42.0 Å². The molecule has 0 spiro atoms. The predicted octanol–water partition coefficient (Wildman–Crippen LogP) is 3.33. The number of nitrogens with zero attached hydrogens (tertiary/aromatic N) is 3. The second kappa shape index (κ2) is 5.07. The normalized spacial score (nSPS) is 10.8. The van der Waals surface area contributed by atoms with Crippen LogP contribution in [0.3, 0.4) is 0 Å². The van der Waals surface area contributed by atoms with Gasteiger partial charge >= 0.3 is 0 Å². The predicted molar refractivity (Wildman–Crippen MR) is 75.4 cm³/mol. The molecule has 0 aliphatic heterocycles. The minimum atomic E-state index is 0.144. The monoisotopic (exact) mass is 252 g/mol. The first-order valence-corrected chi connectivity index (χ1v) is 6.10. The molecule has 1 heterocycles. The number of rotatable bonds is 2. The highest BCUT2D eigenvalue weighted by Gasteiger charge is 2.13. The van der Waals surface area contributed by atoms with Crippen LogP contribution in [0.2, 0.25) is 0 Å². The molecule has 19 heavy (non-hydrogen) atoms. The lowest BCUT2D eigenvalue weighted by Gasteiger charge is -2.19. The van der Waals surface area contributed by atoms with Gasteiger partial charge in [0, 0.05) is 5.56 Å². The van der Waals surface area contributed by atoms with Crippen molar-refractivity contribution in [2.24, 2.45) is 0 Å². The maximum absolute atomic E-state index is 8.48. The van der Waals surface area contributed by atoms with E-state index in [2.05, 4.69) is 48.4 Å². The second-order valence-corrected chi connectivity index (χ2v) is 5.37. The summed E-state index contributed by atoms with van der Waals surface area (Å²) >= 11 is 0. The number of nitrogens with one attached hydrogen (secondary N) is 1. The molecule has 0 saturated heterocycles. The SMILES string of the molecule is CC(C)(C)c1ccc(-c2ccc(NC#N)nn2)cc1. The molecule has 0 aliphatic carbocycles. The van der Waals surface area contributed by atoms with E-state index >= 15 is 0 Å². The number of hydrogen-bond acceptors (Lipinski definition) is 4. The van der Waals surface area contributed by atoms with E-state index < -0.39 is 0 Å². The largest absolute Gasteiger partial charge is 0.275 e. The Labute approximate surface area is 113 Å². The van der Waals surface area contributed by atoms with Gasteiger partial charge in [0.1, 0.15) is 0 Å². The van der Waals surface area contributed by atoms with Gasteiger partial charge in [0.15, 0.2) is 12.0 Å². The van der Waals surface area contributed by atoms with E-state index in [9.17, 15) is 0 Å². The maximum atomic E-state index is 8.48. The zero-order valence-electron chi connectivity index (χ0n) is 11.3. The molecule has 0 radical (unpaired) electrons. The van der Waals surface area contributed by atoms with Gasteiger partial charge in [-0.15, -0.1) is 10.2 Å². The molecule has 0 amide bonds. The molecule has 96 valence electrons. The van der Waals surface area contributed by atoms with Crippen molar-refractivity contribution in [1.82, 2.24) is 10.2 Å². The Bertz CT molecular complexity index is 586. The molecule has 4 heteroatoms. The van der Waals surface area contributed by atoms with E-state index in [1.807, 2.05) is 24.4 Å². The Morgan fingerprint density at radius 2 is 1.68 bits per heavy atom. The molecule has 2 aromatic rings. The summed E-state index contributed by atoms with van der Waals surface area (Å²) in [6.07, 6.45) is 1.81. The Kier molecular flexibility index (Phi) is 3.48. The number of aromatic nitrogens is 2. The van der Waals surface area contributed by atoms with Gasteiger partial charge in [-0.05, 0) is 23.1 Å². The highest BCUT2D eigenvalue weighted by molar-refractivity contribution is 5.60. The van der Waals surface area contributed by atoms with Gasteiger partial charge in [0.2, 0.25) is 0 Å². The first-order valence-electron chi connectivity index (χ1n) is 6.10. The molecule has 2 rings (SSSR count). The third-order valence-electron chi connectivity index (χ3n) is 2.90. The number of anilines is 1. The van der Waals surface area contributed by atoms with E-state index in [0.29, 0.717) is 5.82 Å². The summed E-state index contributed by atoms with van der Waals surface area (Å²) in [6, 6.07) is 11.9. The molecule has 0 atom stereocenters. The van der Waals surface area contributed by atoms with Crippen LogP contribution in [0.1, 0.15) is 26.3 Å². The average Bonchev–Trinajstić information content (AvgIpc) is 2.39. The topological polar surface area (TPSA) is 61.6 Å². The smallest absolute Gasteiger partial charge is 0.182 e. The highest BCUT2D eigenvalue weighted by Crippen LogP contribution is 2.25. The fourth-order valence-electron chi connectivity index (χ4n) is 1.75. The minimum Gasteiger partial charge on any atom is -0.275 e. The van der Waals surface area contributed by atoms with Crippen LogP contribution >= 0.6 is 0 Å². The first-order chi connectivity index (χ1) is 9.00. The molecule has 0 fully saturated rings. The van der Waals surface area contributed by atoms with Crippen molar-refractivity contribution in [2.75, 3.05) is 5.32 Å². The fourth-order valence-corrected chi connectivity index (χ4v) is 1.75. The van der Waals surface area contributed by atoms with Gasteiger partial charge in [-0.2, -0.15) is 5.26 Å². The molecular formula is C15H16N4. The van der Waals surface area contributed by atoms with Crippen LogP contribution in [0.25, 0.3) is 11.3 Å². The summed E-state index contributed by atoms with van der Waals surface area (Å²) in [5.74, 6) is 0.456. The van der Waals surface area contributed by atoms with Gasteiger partial charge in [-0.3, -0.25) is 5.32 Å². The van der Waals surface area contributed by atoms with E-state index in [4.69, 9.17) is 5.26 Å². The average molecular weight is 252 g/mol. The third-order valence-corrected chi connectivity index (χ3v) is 2.90. The Morgan fingerprint density at radius 1 is 1.00 bits per heavy atom. The maximum Gasteiger partial charge on any atom is 0.182 e.